The molecule has 33 heavy (non-hydrogen) atoms. The van der Waals surface area contributed by atoms with Crippen LogP contribution < -0.4 is 11.1 Å². The van der Waals surface area contributed by atoms with Gasteiger partial charge in [0.1, 0.15) is 15.6 Å². The van der Waals surface area contributed by atoms with Crippen LogP contribution in [0.1, 0.15) is 45.4 Å². The molecule has 1 aliphatic rings. The molecule has 2 aromatic heterocycles. The van der Waals surface area contributed by atoms with E-state index in [0.29, 0.717) is 24.5 Å². The van der Waals surface area contributed by atoms with Crippen molar-refractivity contribution in [2.45, 2.75) is 48.8 Å². The summed E-state index contributed by atoms with van der Waals surface area (Å²) in [5, 5.41) is 2.63. The lowest BCUT2D eigenvalue weighted by Gasteiger charge is -2.17. The molecule has 7 nitrogen and oxygen atoms in total. The molecule has 2 heterocycles. The summed E-state index contributed by atoms with van der Waals surface area (Å²) < 4.78 is 95.7. The van der Waals surface area contributed by atoms with E-state index in [1.54, 1.807) is 0 Å². The molecule has 0 atom stereocenters. The highest BCUT2D eigenvalue weighted by molar-refractivity contribution is 7.91. The maximum atomic E-state index is 13.8. The fourth-order valence-corrected chi connectivity index (χ4v) is 5.10. The van der Waals surface area contributed by atoms with Crippen LogP contribution >= 0.6 is 11.3 Å². The second-order valence-electron chi connectivity index (χ2n) is 7.51. The second-order valence-corrected chi connectivity index (χ2v) is 10.8. The van der Waals surface area contributed by atoms with Gasteiger partial charge in [0.15, 0.2) is 9.84 Å². The van der Waals surface area contributed by atoms with Crippen molar-refractivity contribution in [2.24, 2.45) is 5.73 Å². The number of anilines is 1. The van der Waals surface area contributed by atoms with Crippen molar-refractivity contribution in [1.29, 1.82) is 0 Å². The minimum Gasteiger partial charge on any atom is -0.465 e. The van der Waals surface area contributed by atoms with E-state index < -0.39 is 49.7 Å². The highest BCUT2D eigenvalue weighted by Gasteiger charge is 2.60. The molecule has 3 rings (SSSR count). The number of nitrogens with one attached hydrogen (secondary N) is 1. The average Bonchev–Trinajstić information content (AvgIpc) is 3.35. The van der Waals surface area contributed by atoms with Gasteiger partial charge in [-0.2, -0.15) is 22.0 Å². The molecule has 0 spiro atoms. The number of halogens is 5. The van der Waals surface area contributed by atoms with Crippen LogP contribution in [-0.4, -0.2) is 38.4 Å². The van der Waals surface area contributed by atoms with Crippen molar-refractivity contribution in [3.05, 3.63) is 39.2 Å². The SMILES string of the molecule is CCS(=O)(=O)c1cc(C2(N)CC2)cnc1NCc1cc(C(F)(F)C(F)(F)F)sc1C(=O)OC. The lowest BCUT2D eigenvalue weighted by molar-refractivity contribution is -0.287. The molecule has 182 valence electrons. The maximum Gasteiger partial charge on any atom is 0.458 e. The molecular formula is C19H20F5N3O4S2. The quantitative estimate of drug-likeness (QED) is 0.406. The first kappa shape index (κ1) is 25.3. The molecule has 0 bridgehead atoms. The van der Waals surface area contributed by atoms with E-state index in [4.69, 9.17) is 5.73 Å². The van der Waals surface area contributed by atoms with Gasteiger partial charge in [0, 0.05) is 18.3 Å². The van der Waals surface area contributed by atoms with Gasteiger partial charge in [0.2, 0.25) is 0 Å². The number of thiophene rings is 1. The standard InChI is InChI=1S/C19H20F5N3O4S2/c1-3-33(29,30)12-7-11(17(25)4-5-17)9-27-15(12)26-8-10-6-13(18(20,21)19(22,23)24)32-14(10)16(28)31-2/h6-7,9H,3-5,8,25H2,1-2H3,(H,26,27). The van der Waals surface area contributed by atoms with Crippen molar-refractivity contribution < 1.29 is 39.9 Å². The van der Waals surface area contributed by atoms with Gasteiger partial charge in [0.25, 0.3) is 0 Å². The Labute approximate surface area is 190 Å². The predicted octanol–water partition coefficient (Wildman–Crippen LogP) is 3.94. The number of alkyl halides is 5. The third-order valence-electron chi connectivity index (χ3n) is 5.22. The number of sulfone groups is 1. The van der Waals surface area contributed by atoms with Gasteiger partial charge in [-0.15, -0.1) is 11.3 Å². The summed E-state index contributed by atoms with van der Waals surface area (Å²) in [5.74, 6) is -6.70. The van der Waals surface area contributed by atoms with Gasteiger partial charge < -0.3 is 15.8 Å². The third kappa shape index (κ3) is 4.82. The Hall–Kier alpha value is -2.32. The van der Waals surface area contributed by atoms with Gasteiger partial charge in [-0.05, 0) is 36.1 Å². The molecule has 0 radical (unpaired) electrons. The van der Waals surface area contributed by atoms with E-state index in [9.17, 15) is 35.2 Å². The third-order valence-corrected chi connectivity index (χ3v) is 8.19. The molecule has 14 heteroatoms. The molecule has 3 N–H and O–H groups in total. The van der Waals surface area contributed by atoms with E-state index >= 15 is 0 Å². The Kier molecular flexibility index (Phi) is 6.50. The number of pyridine rings is 1. The Bertz CT molecular complexity index is 1170. The summed E-state index contributed by atoms with van der Waals surface area (Å²) in [7, 11) is -2.84. The lowest BCUT2D eigenvalue weighted by Crippen LogP contribution is -2.32. The summed E-state index contributed by atoms with van der Waals surface area (Å²) in [4.78, 5) is 14.0. The molecule has 1 aliphatic carbocycles. The molecule has 0 amide bonds. The molecular weight excluding hydrogens is 493 g/mol. The normalized spacial score (nSPS) is 15.9. The van der Waals surface area contributed by atoms with E-state index in [1.807, 2.05) is 0 Å². The Morgan fingerprint density at radius 2 is 1.91 bits per heavy atom. The molecule has 0 unspecified atom stereocenters. The number of methoxy groups -OCH3 is 1. The summed E-state index contributed by atoms with van der Waals surface area (Å²) in [5.41, 5.74) is 5.73. The molecule has 0 aliphatic heterocycles. The van der Waals surface area contributed by atoms with E-state index in [-0.39, 0.29) is 33.4 Å². The predicted molar refractivity (Wildman–Crippen MR) is 110 cm³/mol. The second kappa shape index (κ2) is 8.47. The van der Waals surface area contributed by atoms with Crippen LogP contribution in [0.5, 0.6) is 0 Å². The molecule has 1 saturated carbocycles. The van der Waals surface area contributed by atoms with Crippen LogP contribution in [0.25, 0.3) is 0 Å². The number of hydrogen-bond donors (Lipinski definition) is 2. The first-order valence-electron chi connectivity index (χ1n) is 9.58. The number of nitrogens with two attached hydrogens (primary N) is 1. The first-order chi connectivity index (χ1) is 15.2. The summed E-state index contributed by atoms with van der Waals surface area (Å²) in [6.07, 6.45) is -3.18. The number of aromatic nitrogens is 1. The van der Waals surface area contributed by atoms with E-state index in [0.717, 1.165) is 7.11 Å². The molecule has 1 fully saturated rings. The largest absolute Gasteiger partial charge is 0.465 e. The van der Waals surface area contributed by atoms with Crippen molar-refractivity contribution in [3.8, 4) is 0 Å². The summed E-state index contributed by atoms with van der Waals surface area (Å²) in [6, 6.07) is 1.91. The van der Waals surface area contributed by atoms with E-state index in [1.165, 1.54) is 19.2 Å². The van der Waals surface area contributed by atoms with Crippen LogP contribution in [-0.2, 0) is 32.6 Å². The Morgan fingerprint density at radius 1 is 1.27 bits per heavy atom. The maximum absolute atomic E-state index is 13.8. The number of esters is 1. The summed E-state index contributed by atoms with van der Waals surface area (Å²) in [6.45, 7) is 0.960. The number of carbonyl (C=O) groups is 1. The number of ether oxygens (including phenoxy) is 1. The topological polar surface area (TPSA) is 111 Å². The number of carbonyl (C=O) groups excluding carboxylic acids is 1. The highest BCUT2D eigenvalue weighted by Crippen LogP contribution is 2.47. The zero-order valence-electron chi connectivity index (χ0n) is 17.4. The monoisotopic (exact) mass is 513 g/mol. The highest BCUT2D eigenvalue weighted by atomic mass is 32.2. The van der Waals surface area contributed by atoms with Crippen LogP contribution in [0.3, 0.4) is 0 Å². The average molecular weight is 514 g/mol. The van der Waals surface area contributed by atoms with Gasteiger partial charge in [0.05, 0.1) is 17.7 Å². The molecule has 0 aromatic carbocycles. The fraction of sp³-hybridized carbons (Fsp3) is 0.474. The fourth-order valence-electron chi connectivity index (χ4n) is 2.96. The van der Waals surface area contributed by atoms with Gasteiger partial charge in [-0.25, -0.2) is 18.2 Å². The van der Waals surface area contributed by atoms with Crippen molar-refractivity contribution in [2.75, 3.05) is 18.2 Å². The lowest BCUT2D eigenvalue weighted by atomic mass is 10.1. The van der Waals surface area contributed by atoms with Crippen LogP contribution in [0, 0.1) is 0 Å². The zero-order chi connectivity index (χ0) is 24.8. The zero-order valence-corrected chi connectivity index (χ0v) is 19.1. The van der Waals surface area contributed by atoms with E-state index in [2.05, 4.69) is 15.0 Å². The van der Waals surface area contributed by atoms with Gasteiger partial charge in [-0.1, -0.05) is 6.92 Å². The first-order valence-corrected chi connectivity index (χ1v) is 12.0. The molecule has 0 saturated heterocycles. The smallest absolute Gasteiger partial charge is 0.458 e. The number of hydrogen-bond acceptors (Lipinski definition) is 8. The number of rotatable bonds is 8. The van der Waals surface area contributed by atoms with Gasteiger partial charge in [-0.3, -0.25) is 0 Å². The minimum atomic E-state index is -5.86. The van der Waals surface area contributed by atoms with Crippen molar-refractivity contribution in [3.63, 3.8) is 0 Å². The van der Waals surface area contributed by atoms with Crippen LogP contribution in [0.15, 0.2) is 23.2 Å². The Balaban J connectivity index is 1.99. The number of nitrogens with zero attached hydrogens (tertiary/aromatic N) is 1. The van der Waals surface area contributed by atoms with Gasteiger partial charge >= 0.3 is 18.1 Å². The molecule has 2 aromatic rings. The van der Waals surface area contributed by atoms with Crippen molar-refractivity contribution in [1.82, 2.24) is 4.98 Å². The van der Waals surface area contributed by atoms with Crippen LogP contribution in [0.2, 0.25) is 0 Å². The Morgan fingerprint density at radius 3 is 2.42 bits per heavy atom. The summed E-state index contributed by atoms with van der Waals surface area (Å²) >= 11 is -0.0503. The van der Waals surface area contributed by atoms with Crippen LogP contribution in [0.4, 0.5) is 27.8 Å². The minimum absolute atomic E-state index is 0.0503. The van der Waals surface area contributed by atoms with Crippen molar-refractivity contribution >= 4 is 33.0 Å².